The van der Waals surface area contributed by atoms with E-state index in [2.05, 4.69) is 27.9 Å². The number of hydrogen-bond acceptors (Lipinski definition) is 3. The largest absolute Gasteiger partial charge is 0.494 e. The molecule has 0 saturated carbocycles. The molecule has 0 aromatic heterocycles. The maximum Gasteiger partial charge on any atom is 0.294 e. The molecule has 0 spiro atoms. The van der Waals surface area contributed by atoms with Gasteiger partial charge in [-0.2, -0.15) is 0 Å². The number of para-hydroxylation sites is 1. The summed E-state index contributed by atoms with van der Waals surface area (Å²) in [6.45, 7) is 0.894. The summed E-state index contributed by atoms with van der Waals surface area (Å²) in [5.74, 6) is -0.0743. The number of ether oxygens (including phenoxy) is 2. The number of carbonyl (C=O) groups is 1. The van der Waals surface area contributed by atoms with Crippen LogP contribution in [-0.2, 0) is 14.3 Å². The highest BCUT2D eigenvalue weighted by Gasteiger charge is 2.15. The molecule has 1 N–H and O–H groups in total. The zero-order valence-corrected chi connectivity index (χ0v) is 10.6. The first-order chi connectivity index (χ1) is 7.77. The minimum atomic E-state index is -0.288. The standard InChI is InChI=1S/C11H10INO3/c12-8-3-1-2-4-9(8)13-11(14)10-7-15-5-6-16-10/h1-4,7H,5-6H2,(H,13,14). The van der Waals surface area contributed by atoms with Crippen molar-refractivity contribution in [1.82, 2.24) is 0 Å². The number of carbonyl (C=O) groups excluding carboxylic acids is 1. The number of halogens is 1. The SMILES string of the molecule is O=C(Nc1ccccc1I)C1=COCCO1. The van der Waals surface area contributed by atoms with Gasteiger partial charge in [0.2, 0.25) is 5.76 Å². The van der Waals surface area contributed by atoms with E-state index in [0.29, 0.717) is 13.2 Å². The first kappa shape index (κ1) is 11.3. The maximum absolute atomic E-state index is 11.7. The van der Waals surface area contributed by atoms with Crippen LogP contribution in [0.5, 0.6) is 0 Å². The van der Waals surface area contributed by atoms with Crippen LogP contribution in [0.3, 0.4) is 0 Å². The van der Waals surface area contributed by atoms with Gasteiger partial charge < -0.3 is 14.8 Å². The van der Waals surface area contributed by atoms with Crippen LogP contribution in [0.4, 0.5) is 5.69 Å². The Balaban J connectivity index is 2.07. The van der Waals surface area contributed by atoms with Crippen LogP contribution in [0, 0.1) is 3.57 Å². The topological polar surface area (TPSA) is 47.6 Å². The summed E-state index contributed by atoms with van der Waals surface area (Å²) in [4.78, 5) is 11.7. The van der Waals surface area contributed by atoms with Gasteiger partial charge in [-0.05, 0) is 34.7 Å². The number of anilines is 1. The van der Waals surface area contributed by atoms with E-state index < -0.39 is 0 Å². The lowest BCUT2D eigenvalue weighted by Crippen LogP contribution is -2.21. The van der Waals surface area contributed by atoms with E-state index in [1.54, 1.807) is 0 Å². The van der Waals surface area contributed by atoms with E-state index in [1.165, 1.54) is 6.26 Å². The molecule has 0 unspecified atom stereocenters. The minimum Gasteiger partial charge on any atom is -0.494 e. The molecule has 0 atom stereocenters. The second-order valence-electron chi connectivity index (χ2n) is 3.14. The van der Waals surface area contributed by atoms with Crippen LogP contribution in [0.2, 0.25) is 0 Å². The van der Waals surface area contributed by atoms with E-state index in [4.69, 9.17) is 9.47 Å². The Labute approximate surface area is 107 Å². The molecule has 5 heteroatoms. The normalized spacial score (nSPS) is 14.4. The van der Waals surface area contributed by atoms with Crippen LogP contribution >= 0.6 is 22.6 Å². The zero-order chi connectivity index (χ0) is 11.4. The number of hydrogen-bond donors (Lipinski definition) is 1. The fraction of sp³-hybridized carbons (Fsp3) is 0.182. The lowest BCUT2D eigenvalue weighted by Gasteiger charge is -2.15. The summed E-state index contributed by atoms with van der Waals surface area (Å²) in [7, 11) is 0. The van der Waals surface area contributed by atoms with Gasteiger partial charge in [0.05, 0.1) is 5.69 Å². The van der Waals surface area contributed by atoms with E-state index in [-0.39, 0.29) is 11.7 Å². The Morgan fingerprint density at radius 3 is 2.81 bits per heavy atom. The van der Waals surface area contributed by atoms with Crippen LogP contribution in [-0.4, -0.2) is 19.1 Å². The van der Waals surface area contributed by atoms with Gasteiger partial charge in [-0.15, -0.1) is 0 Å². The third-order valence-electron chi connectivity index (χ3n) is 1.99. The third kappa shape index (κ3) is 2.66. The molecular formula is C11H10INO3. The molecule has 2 rings (SSSR count). The van der Waals surface area contributed by atoms with Crippen molar-refractivity contribution in [2.45, 2.75) is 0 Å². The molecule has 16 heavy (non-hydrogen) atoms. The van der Waals surface area contributed by atoms with Gasteiger partial charge in [-0.3, -0.25) is 4.79 Å². The molecule has 0 radical (unpaired) electrons. The van der Waals surface area contributed by atoms with Gasteiger partial charge in [-0.1, -0.05) is 12.1 Å². The quantitative estimate of drug-likeness (QED) is 0.845. The summed E-state index contributed by atoms with van der Waals surface area (Å²) in [6.07, 6.45) is 1.34. The predicted molar refractivity (Wildman–Crippen MR) is 67.8 cm³/mol. The summed E-state index contributed by atoms with van der Waals surface area (Å²) < 4.78 is 11.2. The van der Waals surface area contributed by atoms with Crippen molar-refractivity contribution < 1.29 is 14.3 Å². The highest BCUT2D eigenvalue weighted by Crippen LogP contribution is 2.18. The monoisotopic (exact) mass is 331 g/mol. The van der Waals surface area contributed by atoms with Gasteiger partial charge in [0.25, 0.3) is 5.91 Å². The van der Waals surface area contributed by atoms with Crippen LogP contribution in [0.25, 0.3) is 0 Å². The molecule has 1 heterocycles. The van der Waals surface area contributed by atoms with Crippen molar-refractivity contribution in [3.05, 3.63) is 39.9 Å². The van der Waals surface area contributed by atoms with Crippen LogP contribution < -0.4 is 5.32 Å². The summed E-state index contributed by atoms with van der Waals surface area (Å²) in [5, 5.41) is 2.76. The van der Waals surface area contributed by atoms with Crippen molar-refractivity contribution in [3.63, 3.8) is 0 Å². The summed E-state index contributed by atoms with van der Waals surface area (Å²) in [5.41, 5.74) is 0.767. The van der Waals surface area contributed by atoms with Gasteiger partial charge in [0.1, 0.15) is 19.5 Å². The van der Waals surface area contributed by atoms with Crippen molar-refractivity contribution in [2.75, 3.05) is 18.5 Å². The molecule has 0 aliphatic carbocycles. The van der Waals surface area contributed by atoms with Gasteiger partial charge in [-0.25, -0.2) is 0 Å². The lowest BCUT2D eigenvalue weighted by molar-refractivity contribution is -0.117. The Bertz CT molecular complexity index is 431. The minimum absolute atomic E-state index is 0.214. The Kier molecular flexibility index (Phi) is 3.66. The van der Waals surface area contributed by atoms with Gasteiger partial charge in [0.15, 0.2) is 0 Å². The summed E-state index contributed by atoms with van der Waals surface area (Å²) in [6, 6.07) is 7.54. The molecule has 1 aliphatic rings. The number of rotatable bonds is 2. The fourth-order valence-corrected chi connectivity index (χ4v) is 1.76. The molecule has 84 valence electrons. The Morgan fingerprint density at radius 2 is 2.12 bits per heavy atom. The van der Waals surface area contributed by atoms with Gasteiger partial charge in [0, 0.05) is 3.57 Å². The first-order valence-electron chi connectivity index (χ1n) is 4.78. The maximum atomic E-state index is 11.7. The van der Waals surface area contributed by atoms with Crippen molar-refractivity contribution in [1.29, 1.82) is 0 Å². The van der Waals surface area contributed by atoms with E-state index in [1.807, 2.05) is 24.3 Å². The van der Waals surface area contributed by atoms with Crippen molar-refractivity contribution >= 4 is 34.2 Å². The van der Waals surface area contributed by atoms with E-state index >= 15 is 0 Å². The highest BCUT2D eigenvalue weighted by molar-refractivity contribution is 14.1. The smallest absolute Gasteiger partial charge is 0.294 e. The van der Waals surface area contributed by atoms with Gasteiger partial charge >= 0.3 is 0 Å². The Hall–Kier alpha value is -1.24. The third-order valence-corrected chi connectivity index (χ3v) is 2.94. The number of benzene rings is 1. The molecule has 0 fully saturated rings. The van der Waals surface area contributed by atoms with Crippen LogP contribution in [0.15, 0.2) is 36.3 Å². The number of nitrogens with one attached hydrogen (secondary N) is 1. The zero-order valence-electron chi connectivity index (χ0n) is 8.40. The number of amides is 1. The molecule has 1 aliphatic heterocycles. The second-order valence-corrected chi connectivity index (χ2v) is 4.30. The molecule has 1 amide bonds. The van der Waals surface area contributed by atoms with Crippen LogP contribution in [0.1, 0.15) is 0 Å². The predicted octanol–water partition coefficient (Wildman–Crippen LogP) is 2.12. The van der Waals surface area contributed by atoms with E-state index in [0.717, 1.165) is 9.26 Å². The fourth-order valence-electron chi connectivity index (χ4n) is 1.23. The van der Waals surface area contributed by atoms with Crippen molar-refractivity contribution in [3.8, 4) is 0 Å². The average Bonchev–Trinajstić information content (AvgIpc) is 2.33. The van der Waals surface area contributed by atoms with Crippen molar-refractivity contribution in [2.24, 2.45) is 0 Å². The average molecular weight is 331 g/mol. The molecular weight excluding hydrogens is 321 g/mol. The molecule has 0 bridgehead atoms. The molecule has 1 aromatic rings. The first-order valence-corrected chi connectivity index (χ1v) is 5.86. The second kappa shape index (κ2) is 5.20. The lowest BCUT2D eigenvalue weighted by atomic mass is 10.3. The molecule has 4 nitrogen and oxygen atoms in total. The molecule has 0 saturated heterocycles. The van der Waals surface area contributed by atoms with E-state index in [9.17, 15) is 4.79 Å². The highest BCUT2D eigenvalue weighted by atomic mass is 127. The Morgan fingerprint density at radius 1 is 1.31 bits per heavy atom. The molecule has 1 aromatic carbocycles. The summed E-state index contributed by atoms with van der Waals surface area (Å²) >= 11 is 2.16.